The van der Waals surface area contributed by atoms with Crippen molar-refractivity contribution in [3.63, 3.8) is 0 Å². The van der Waals surface area contributed by atoms with Crippen LogP contribution in [0.3, 0.4) is 0 Å². The summed E-state index contributed by atoms with van der Waals surface area (Å²) in [4.78, 5) is 23.0. The first kappa shape index (κ1) is 14.4. The number of nitrogens with zero attached hydrogens (tertiary/aromatic N) is 4. The SMILES string of the molecule is NC(=O)O[C@@H]1[C@@H](O)[C@@H](CO)O[C@H]1n1cnc2c(N)ncnc21. The summed E-state index contributed by atoms with van der Waals surface area (Å²) in [5.74, 6) is 0.174. The summed E-state index contributed by atoms with van der Waals surface area (Å²) in [6.45, 7) is -0.458. The van der Waals surface area contributed by atoms with Crippen molar-refractivity contribution in [2.45, 2.75) is 24.5 Å². The van der Waals surface area contributed by atoms with Crippen molar-refractivity contribution in [1.29, 1.82) is 0 Å². The highest BCUT2D eigenvalue weighted by molar-refractivity contribution is 5.81. The summed E-state index contributed by atoms with van der Waals surface area (Å²) in [6.07, 6.45) is -2.74. The van der Waals surface area contributed by atoms with E-state index in [2.05, 4.69) is 15.0 Å². The van der Waals surface area contributed by atoms with Gasteiger partial charge in [0.15, 0.2) is 23.8 Å². The van der Waals surface area contributed by atoms with Crippen molar-refractivity contribution in [1.82, 2.24) is 19.5 Å². The maximum Gasteiger partial charge on any atom is 0.405 e. The minimum absolute atomic E-state index is 0.174. The number of hydrogen-bond acceptors (Lipinski definition) is 9. The number of ether oxygens (including phenoxy) is 2. The average molecular weight is 310 g/mol. The van der Waals surface area contributed by atoms with Crippen molar-refractivity contribution < 1.29 is 24.5 Å². The number of hydrogen-bond donors (Lipinski definition) is 4. The normalized spacial score (nSPS) is 28.1. The molecular formula is C11H14N6O5. The molecule has 2 aromatic heterocycles. The van der Waals surface area contributed by atoms with E-state index in [1.54, 1.807) is 0 Å². The second-order valence-corrected chi connectivity index (χ2v) is 4.72. The number of primary amides is 1. The molecule has 4 atom stereocenters. The van der Waals surface area contributed by atoms with E-state index in [-0.39, 0.29) is 5.82 Å². The summed E-state index contributed by atoms with van der Waals surface area (Å²) in [5.41, 5.74) is 11.4. The standard InChI is InChI=1S/C11H14N6O5/c12-8-5-9(15-2-14-8)17(3-16-5)10-7(22-11(13)20)6(19)4(1-18)21-10/h2-4,6-7,10,18-19H,1H2,(H2,13,20)(H2,12,14,15)/t4-,6+,7-,10-/m1/s1. The highest BCUT2D eigenvalue weighted by atomic mass is 16.6. The van der Waals surface area contributed by atoms with Crippen molar-refractivity contribution in [2.75, 3.05) is 12.3 Å². The number of amides is 1. The predicted molar refractivity (Wildman–Crippen MR) is 71.2 cm³/mol. The number of anilines is 1. The summed E-state index contributed by atoms with van der Waals surface area (Å²) >= 11 is 0. The first-order valence-electron chi connectivity index (χ1n) is 6.36. The van der Waals surface area contributed by atoms with E-state index in [4.69, 9.17) is 20.9 Å². The van der Waals surface area contributed by atoms with Crippen LogP contribution in [-0.2, 0) is 9.47 Å². The second kappa shape index (κ2) is 5.36. The molecule has 0 radical (unpaired) electrons. The largest absolute Gasteiger partial charge is 0.439 e. The molecule has 6 N–H and O–H groups in total. The summed E-state index contributed by atoms with van der Waals surface area (Å²) in [5, 5.41) is 19.3. The number of carbonyl (C=O) groups excluding carboxylic acids is 1. The number of carbonyl (C=O) groups is 1. The minimum Gasteiger partial charge on any atom is -0.439 e. The topological polar surface area (TPSA) is 172 Å². The van der Waals surface area contributed by atoms with Crippen molar-refractivity contribution in [3.05, 3.63) is 12.7 Å². The maximum atomic E-state index is 11.0. The molecule has 11 nitrogen and oxygen atoms in total. The van der Waals surface area contributed by atoms with E-state index >= 15 is 0 Å². The number of aliphatic hydroxyl groups is 2. The van der Waals surface area contributed by atoms with Crippen LogP contribution < -0.4 is 11.5 Å². The van der Waals surface area contributed by atoms with Gasteiger partial charge >= 0.3 is 6.09 Å². The van der Waals surface area contributed by atoms with E-state index in [1.807, 2.05) is 0 Å². The lowest BCUT2D eigenvalue weighted by Crippen LogP contribution is -2.38. The van der Waals surface area contributed by atoms with Gasteiger partial charge < -0.3 is 31.2 Å². The number of aliphatic hydroxyl groups excluding tert-OH is 2. The van der Waals surface area contributed by atoms with Gasteiger partial charge in [0, 0.05) is 0 Å². The molecule has 22 heavy (non-hydrogen) atoms. The van der Waals surface area contributed by atoms with Crippen LogP contribution in [0, 0.1) is 0 Å². The van der Waals surface area contributed by atoms with Gasteiger partial charge in [0.25, 0.3) is 0 Å². The molecule has 2 aromatic rings. The fourth-order valence-electron chi connectivity index (χ4n) is 2.41. The van der Waals surface area contributed by atoms with Crippen LogP contribution in [0.15, 0.2) is 12.7 Å². The fraction of sp³-hybridized carbons (Fsp3) is 0.455. The monoisotopic (exact) mass is 310 g/mol. The Balaban J connectivity index is 2.03. The van der Waals surface area contributed by atoms with E-state index in [0.717, 1.165) is 0 Å². The highest BCUT2D eigenvalue weighted by Gasteiger charge is 2.47. The lowest BCUT2D eigenvalue weighted by molar-refractivity contribution is -0.0523. The van der Waals surface area contributed by atoms with Crippen molar-refractivity contribution >= 4 is 23.1 Å². The lowest BCUT2D eigenvalue weighted by atomic mass is 10.1. The molecule has 0 aliphatic carbocycles. The van der Waals surface area contributed by atoms with E-state index < -0.39 is 37.2 Å². The first-order chi connectivity index (χ1) is 10.5. The van der Waals surface area contributed by atoms with Gasteiger partial charge in [-0.25, -0.2) is 19.7 Å². The zero-order valence-electron chi connectivity index (χ0n) is 11.2. The Hall–Kier alpha value is -2.50. The Kier molecular flexibility index (Phi) is 3.52. The number of aromatic nitrogens is 4. The van der Waals surface area contributed by atoms with Crippen LogP contribution in [0.5, 0.6) is 0 Å². The number of rotatable bonds is 3. The molecule has 3 heterocycles. The average Bonchev–Trinajstić information content (AvgIpc) is 3.02. The zero-order chi connectivity index (χ0) is 15.9. The fourth-order valence-corrected chi connectivity index (χ4v) is 2.41. The Morgan fingerprint density at radius 2 is 2.23 bits per heavy atom. The minimum atomic E-state index is -1.25. The van der Waals surface area contributed by atoms with E-state index in [1.165, 1.54) is 17.2 Å². The molecule has 1 saturated heterocycles. The van der Waals surface area contributed by atoms with Gasteiger partial charge in [0.05, 0.1) is 12.9 Å². The first-order valence-corrected chi connectivity index (χ1v) is 6.36. The maximum absolute atomic E-state index is 11.0. The third-order valence-corrected chi connectivity index (χ3v) is 3.41. The molecule has 0 aromatic carbocycles. The van der Waals surface area contributed by atoms with Crippen LogP contribution in [0.2, 0.25) is 0 Å². The molecule has 0 bridgehead atoms. The summed E-state index contributed by atoms with van der Waals surface area (Å²) in [7, 11) is 0. The number of fused-ring (bicyclic) bond motifs is 1. The third kappa shape index (κ3) is 2.20. The molecule has 0 saturated carbocycles. The predicted octanol–water partition coefficient (Wildman–Crippen LogP) is -1.88. The van der Waals surface area contributed by atoms with Gasteiger partial charge in [-0.05, 0) is 0 Å². The van der Waals surface area contributed by atoms with Crippen LogP contribution in [0.1, 0.15) is 6.23 Å². The molecule has 3 rings (SSSR count). The smallest absolute Gasteiger partial charge is 0.405 e. The third-order valence-electron chi connectivity index (χ3n) is 3.41. The van der Waals surface area contributed by atoms with Gasteiger partial charge in [-0.1, -0.05) is 0 Å². The van der Waals surface area contributed by atoms with Crippen LogP contribution in [0.25, 0.3) is 11.2 Å². The Labute approximate surface area is 123 Å². The van der Waals surface area contributed by atoms with Crippen LogP contribution in [-0.4, -0.2) is 60.7 Å². The molecule has 1 aliphatic rings. The molecule has 0 spiro atoms. The highest BCUT2D eigenvalue weighted by Crippen LogP contribution is 2.33. The molecular weight excluding hydrogens is 296 g/mol. The Bertz CT molecular complexity index is 705. The van der Waals surface area contributed by atoms with E-state index in [9.17, 15) is 15.0 Å². The van der Waals surface area contributed by atoms with Crippen LogP contribution in [0.4, 0.5) is 10.6 Å². The van der Waals surface area contributed by atoms with Gasteiger partial charge in [0.2, 0.25) is 0 Å². The molecule has 118 valence electrons. The summed E-state index contributed by atoms with van der Waals surface area (Å²) < 4.78 is 11.8. The quantitative estimate of drug-likeness (QED) is 0.506. The molecule has 1 amide bonds. The van der Waals surface area contributed by atoms with Gasteiger partial charge in [-0.15, -0.1) is 0 Å². The Morgan fingerprint density at radius 1 is 1.45 bits per heavy atom. The number of imidazole rings is 1. The number of nitrogens with two attached hydrogens (primary N) is 2. The van der Waals surface area contributed by atoms with Gasteiger partial charge in [-0.3, -0.25) is 4.57 Å². The van der Waals surface area contributed by atoms with Crippen molar-refractivity contribution in [2.24, 2.45) is 5.73 Å². The molecule has 1 fully saturated rings. The van der Waals surface area contributed by atoms with Gasteiger partial charge in [-0.2, -0.15) is 0 Å². The lowest BCUT2D eigenvalue weighted by Gasteiger charge is -2.20. The number of nitrogen functional groups attached to an aromatic ring is 1. The molecule has 11 heteroatoms. The van der Waals surface area contributed by atoms with E-state index in [0.29, 0.717) is 11.2 Å². The van der Waals surface area contributed by atoms with Gasteiger partial charge in [0.1, 0.15) is 24.1 Å². The second-order valence-electron chi connectivity index (χ2n) is 4.72. The molecule has 1 aliphatic heterocycles. The van der Waals surface area contributed by atoms with Crippen LogP contribution >= 0.6 is 0 Å². The van der Waals surface area contributed by atoms with Crippen molar-refractivity contribution in [3.8, 4) is 0 Å². The molecule has 0 unspecified atom stereocenters. The summed E-state index contributed by atoms with van der Waals surface area (Å²) in [6, 6.07) is 0. The Morgan fingerprint density at radius 3 is 2.91 bits per heavy atom. The zero-order valence-corrected chi connectivity index (χ0v) is 11.2.